The topological polar surface area (TPSA) is 76.1 Å². The maximum atomic E-state index is 11.7. The van der Waals surface area contributed by atoms with Crippen molar-refractivity contribution in [2.24, 2.45) is 0 Å². The van der Waals surface area contributed by atoms with Gasteiger partial charge in [0.25, 0.3) is 0 Å². The van der Waals surface area contributed by atoms with E-state index in [-0.39, 0.29) is 30.0 Å². The molecule has 0 amide bonds. The van der Waals surface area contributed by atoms with E-state index in [1.807, 2.05) is 12.0 Å². The zero-order valence-corrected chi connectivity index (χ0v) is 13.6. The number of aliphatic carboxylic acids is 1. The van der Waals surface area contributed by atoms with E-state index in [0.717, 1.165) is 0 Å². The van der Waals surface area contributed by atoms with E-state index in [0.29, 0.717) is 19.4 Å². The van der Waals surface area contributed by atoms with Crippen LogP contribution in [0, 0.1) is 0 Å². The number of rotatable bonds is 6. The van der Waals surface area contributed by atoms with Crippen molar-refractivity contribution >= 4 is 11.9 Å². The number of hydrogen-bond donors (Lipinski definition) is 1. The van der Waals surface area contributed by atoms with Crippen molar-refractivity contribution in [3.63, 3.8) is 0 Å². The van der Waals surface area contributed by atoms with E-state index in [2.05, 4.69) is 27.7 Å². The summed E-state index contributed by atoms with van der Waals surface area (Å²) < 4.78 is 5.45. The molecule has 0 aromatic carbocycles. The molecule has 122 valence electrons. The second-order valence-electron chi connectivity index (χ2n) is 6.75. The third kappa shape index (κ3) is 4.97. The molecule has 1 N–H and O–H groups in total. The van der Waals surface area contributed by atoms with Crippen LogP contribution in [-0.2, 0) is 19.2 Å². The Morgan fingerprint density at radius 1 is 1.14 bits per heavy atom. The molecule has 0 aromatic rings. The third-order valence-corrected chi connectivity index (χ3v) is 3.65. The first-order valence-corrected chi connectivity index (χ1v) is 7.43. The van der Waals surface area contributed by atoms with Crippen molar-refractivity contribution in [3.05, 3.63) is 0 Å². The summed E-state index contributed by atoms with van der Waals surface area (Å²) in [6.07, 6.45) is 0.837. The van der Waals surface area contributed by atoms with Gasteiger partial charge in [0.05, 0.1) is 19.4 Å². The van der Waals surface area contributed by atoms with E-state index in [1.165, 1.54) is 0 Å². The van der Waals surface area contributed by atoms with E-state index in [9.17, 15) is 9.59 Å². The van der Waals surface area contributed by atoms with Crippen LogP contribution in [0.15, 0.2) is 0 Å². The zero-order valence-electron chi connectivity index (χ0n) is 13.6. The van der Waals surface area contributed by atoms with Gasteiger partial charge in [-0.25, -0.2) is 0 Å². The van der Waals surface area contributed by atoms with Crippen LogP contribution in [0.2, 0.25) is 0 Å². The summed E-state index contributed by atoms with van der Waals surface area (Å²) in [5.41, 5.74) is -0.509. The Bertz CT molecular complexity index is 374. The predicted molar refractivity (Wildman–Crippen MR) is 77.6 cm³/mol. The molecule has 0 aromatic heterocycles. The maximum absolute atomic E-state index is 11.7. The summed E-state index contributed by atoms with van der Waals surface area (Å²) in [7, 11) is 0. The molecule has 0 spiro atoms. The van der Waals surface area contributed by atoms with Gasteiger partial charge >= 0.3 is 11.9 Å². The Labute approximate surface area is 126 Å². The molecule has 0 aliphatic carbocycles. The van der Waals surface area contributed by atoms with Crippen LogP contribution in [0.3, 0.4) is 0 Å². The molecule has 6 nitrogen and oxygen atoms in total. The monoisotopic (exact) mass is 301 g/mol. The molecule has 21 heavy (non-hydrogen) atoms. The number of carboxylic acids is 1. The number of hydrogen-bond acceptors (Lipinski definition) is 5. The van der Waals surface area contributed by atoms with Crippen LogP contribution < -0.4 is 0 Å². The number of nitrogens with zero attached hydrogens (tertiary/aromatic N) is 1. The fourth-order valence-electron chi connectivity index (χ4n) is 3.19. The molecule has 6 heteroatoms. The van der Waals surface area contributed by atoms with Gasteiger partial charge < -0.3 is 9.84 Å². The molecule has 1 rings (SSSR count). The first-order valence-electron chi connectivity index (χ1n) is 7.43. The van der Waals surface area contributed by atoms with E-state index >= 15 is 0 Å². The first-order chi connectivity index (χ1) is 9.58. The normalized spacial score (nSPS) is 22.0. The first kappa shape index (κ1) is 17.9. The molecule has 1 aliphatic rings. The summed E-state index contributed by atoms with van der Waals surface area (Å²) >= 11 is 0. The van der Waals surface area contributed by atoms with Crippen molar-refractivity contribution in [3.8, 4) is 0 Å². The lowest BCUT2D eigenvalue weighted by molar-refractivity contribution is -0.290. The minimum absolute atomic E-state index is 0.0815. The van der Waals surface area contributed by atoms with Gasteiger partial charge in [0.2, 0.25) is 0 Å². The van der Waals surface area contributed by atoms with Crippen molar-refractivity contribution in [1.29, 1.82) is 0 Å². The number of carbonyl (C=O) groups is 2. The number of piperidine rings is 1. The summed E-state index contributed by atoms with van der Waals surface area (Å²) in [6.45, 7) is 10.8. The summed E-state index contributed by atoms with van der Waals surface area (Å²) in [5.74, 6) is -1.43. The minimum Gasteiger partial charge on any atom is -0.481 e. The Morgan fingerprint density at radius 3 is 2.10 bits per heavy atom. The standard InChI is InChI=1S/C15H27NO5/c1-6-20-16-14(2,3)9-11(10-15(16,4)5)21-13(19)8-7-12(17)18/h11H,6-10H2,1-5H3,(H,17,18). The fourth-order valence-corrected chi connectivity index (χ4v) is 3.19. The van der Waals surface area contributed by atoms with Gasteiger partial charge in [-0.05, 0) is 34.6 Å². The molecule has 0 radical (unpaired) electrons. The lowest BCUT2D eigenvalue weighted by Gasteiger charge is -2.53. The fraction of sp³-hybridized carbons (Fsp3) is 0.867. The van der Waals surface area contributed by atoms with Crippen molar-refractivity contribution < 1.29 is 24.3 Å². The van der Waals surface area contributed by atoms with Crippen LogP contribution in [0.4, 0.5) is 0 Å². The van der Waals surface area contributed by atoms with Crippen LogP contribution in [0.5, 0.6) is 0 Å². The number of carbonyl (C=O) groups excluding carboxylic acids is 1. The van der Waals surface area contributed by atoms with Crippen LogP contribution in [-0.4, -0.2) is 45.9 Å². The highest BCUT2D eigenvalue weighted by molar-refractivity contribution is 5.76. The maximum Gasteiger partial charge on any atom is 0.306 e. The van der Waals surface area contributed by atoms with E-state index < -0.39 is 11.9 Å². The number of hydroxylamine groups is 2. The predicted octanol–water partition coefficient (Wildman–Crippen LogP) is 2.37. The lowest BCUT2D eigenvalue weighted by Crippen LogP contribution is -2.62. The van der Waals surface area contributed by atoms with Gasteiger partial charge in [0, 0.05) is 23.9 Å². The lowest BCUT2D eigenvalue weighted by atomic mass is 9.80. The van der Waals surface area contributed by atoms with Crippen molar-refractivity contribution in [2.45, 2.75) is 77.5 Å². The summed E-state index contributed by atoms with van der Waals surface area (Å²) in [6, 6.07) is 0. The van der Waals surface area contributed by atoms with Gasteiger partial charge in [-0.3, -0.25) is 14.4 Å². The molecule has 0 bridgehead atoms. The molecule has 0 saturated carbocycles. The minimum atomic E-state index is -0.987. The largest absolute Gasteiger partial charge is 0.481 e. The number of carboxylic acid groups (broad SMARTS) is 1. The van der Waals surface area contributed by atoms with Gasteiger partial charge in [0.15, 0.2) is 0 Å². The molecule has 1 saturated heterocycles. The van der Waals surface area contributed by atoms with Gasteiger partial charge in [-0.15, -0.1) is 0 Å². The Kier molecular flexibility index (Phi) is 5.75. The van der Waals surface area contributed by atoms with Crippen molar-refractivity contribution in [1.82, 2.24) is 5.06 Å². The van der Waals surface area contributed by atoms with Gasteiger partial charge in [0.1, 0.15) is 6.10 Å². The molecule has 1 fully saturated rings. The average molecular weight is 301 g/mol. The highest BCUT2D eigenvalue weighted by atomic mass is 16.7. The van der Waals surface area contributed by atoms with Crippen molar-refractivity contribution in [2.75, 3.05) is 6.61 Å². The Morgan fingerprint density at radius 2 is 1.67 bits per heavy atom. The molecular weight excluding hydrogens is 274 g/mol. The van der Waals surface area contributed by atoms with Crippen LogP contribution in [0.1, 0.15) is 60.3 Å². The van der Waals surface area contributed by atoms with E-state index in [1.54, 1.807) is 0 Å². The second kappa shape index (κ2) is 6.75. The molecule has 0 unspecified atom stereocenters. The molecular formula is C15H27NO5. The van der Waals surface area contributed by atoms with Gasteiger partial charge in [-0.1, -0.05) is 0 Å². The number of esters is 1. The summed E-state index contributed by atoms with van der Waals surface area (Å²) in [5, 5.41) is 10.6. The van der Waals surface area contributed by atoms with Crippen LogP contribution in [0.25, 0.3) is 0 Å². The number of ether oxygens (including phenoxy) is 1. The molecule has 1 aliphatic heterocycles. The Balaban J connectivity index is 2.68. The highest BCUT2D eigenvalue weighted by Crippen LogP contribution is 2.39. The summed E-state index contributed by atoms with van der Waals surface area (Å²) in [4.78, 5) is 28.0. The zero-order chi connectivity index (χ0) is 16.3. The van der Waals surface area contributed by atoms with Crippen LogP contribution >= 0.6 is 0 Å². The van der Waals surface area contributed by atoms with E-state index in [4.69, 9.17) is 14.7 Å². The highest BCUT2D eigenvalue weighted by Gasteiger charge is 2.47. The molecule has 1 heterocycles. The third-order valence-electron chi connectivity index (χ3n) is 3.65. The van der Waals surface area contributed by atoms with Gasteiger partial charge in [-0.2, -0.15) is 5.06 Å². The average Bonchev–Trinajstić information content (AvgIpc) is 2.30. The second-order valence-corrected chi connectivity index (χ2v) is 6.75. The molecule has 0 atom stereocenters. The Hall–Kier alpha value is -1.14. The SMILES string of the molecule is CCON1C(C)(C)CC(OC(=O)CCC(=O)O)CC1(C)C. The smallest absolute Gasteiger partial charge is 0.306 e. The quantitative estimate of drug-likeness (QED) is 0.759.